The zero-order chi connectivity index (χ0) is 14.0. The Morgan fingerprint density at radius 1 is 1.22 bits per heavy atom. The molecule has 0 aliphatic heterocycles. The first kappa shape index (κ1) is 16.2. The highest BCUT2D eigenvalue weighted by Gasteiger charge is 2.05. The van der Waals surface area contributed by atoms with Crippen molar-refractivity contribution in [1.82, 2.24) is 5.32 Å². The molecule has 0 unspecified atom stereocenters. The summed E-state index contributed by atoms with van der Waals surface area (Å²) in [5.41, 5.74) is 0.511. The zero-order valence-corrected chi connectivity index (χ0v) is 11.4. The largest absolute Gasteiger partial charge is 0.497 e. The summed E-state index contributed by atoms with van der Waals surface area (Å²) in [6.07, 6.45) is 1.25. The second kappa shape index (κ2) is 9.22. The summed E-state index contributed by atoms with van der Waals surface area (Å²) in [5, 5.41) is 2.51. The average Bonchev–Trinajstić information content (AvgIpc) is 2.37. The Kier molecular flexibility index (Phi) is 8.27. The van der Waals surface area contributed by atoms with Gasteiger partial charge in [-0.25, -0.2) is 0 Å². The molecule has 1 N–H and O–H groups in total. The van der Waals surface area contributed by atoms with Crippen LogP contribution in [0.3, 0.4) is 0 Å². The van der Waals surface area contributed by atoms with Crippen LogP contribution in [0, 0.1) is 0 Å². The quantitative estimate of drug-likeness (QED) is 0.897. The third kappa shape index (κ3) is 6.68. The van der Waals surface area contributed by atoms with Gasteiger partial charge in [0.15, 0.2) is 0 Å². The van der Waals surface area contributed by atoms with E-state index in [1.807, 2.05) is 0 Å². The Hall–Kier alpha value is -1.84. The van der Waals surface area contributed by atoms with Crippen LogP contribution in [0.1, 0.15) is 39.0 Å². The molecular weight excluding hydrogens is 230 g/mol. The minimum Gasteiger partial charge on any atom is -0.497 e. The zero-order valence-electron chi connectivity index (χ0n) is 11.4. The number of ketones is 1. The summed E-state index contributed by atoms with van der Waals surface area (Å²) < 4.78 is 4.96. The lowest BCUT2D eigenvalue weighted by molar-refractivity contribution is -0.116. The summed E-state index contributed by atoms with van der Waals surface area (Å²) >= 11 is 0. The summed E-state index contributed by atoms with van der Waals surface area (Å²) in [5.74, 6) is 0.364. The third-order valence-electron chi connectivity index (χ3n) is 1.85. The third-order valence-corrected chi connectivity index (χ3v) is 1.85. The lowest BCUT2D eigenvalue weighted by atomic mass is 10.2. The normalized spacial score (nSPS) is 8.89. The van der Waals surface area contributed by atoms with E-state index in [0.717, 1.165) is 0 Å². The fourth-order valence-corrected chi connectivity index (χ4v) is 1.05. The minimum absolute atomic E-state index is 0. The van der Waals surface area contributed by atoms with Crippen LogP contribution in [-0.4, -0.2) is 25.3 Å². The van der Waals surface area contributed by atoms with Crippen LogP contribution in [0.4, 0.5) is 0 Å². The van der Waals surface area contributed by atoms with E-state index in [4.69, 9.17) is 4.74 Å². The first-order valence-electron chi connectivity index (χ1n) is 5.96. The van der Waals surface area contributed by atoms with Gasteiger partial charge in [-0.1, -0.05) is 20.3 Å². The van der Waals surface area contributed by atoms with Gasteiger partial charge in [0.25, 0.3) is 5.91 Å². The van der Waals surface area contributed by atoms with E-state index in [0.29, 0.717) is 11.3 Å². The summed E-state index contributed by atoms with van der Waals surface area (Å²) in [6.45, 7) is 5.74. The van der Waals surface area contributed by atoms with Crippen molar-refractivity contribution >= 4 is 11.7 Å². The van der Waals surface area contributed by atoms with E-state index in [1.165, 1.54) is 13.3 Å². The van der Waals surface area contributed by atoms with Gasteiger partial charge in [-0.05, 0) is 31.2 Å². The predicted molar refractivity (Wildman–Crippen MR) is 74.1 cm³/mol. The maximum absolute atomic E-state index is 11.4. The van der Waals surface area contributed by atoms with Gasteiger partial charge in [0.1, 0.15) is 11.5 Å². The van der Waals surface area contributed by atoms with Crippen LogP contribution in [0.2, 0.25) is 0 Å². The number of amides is 1. The van der Waals surface area contributed by atoms with Crippen LogP contribution in [0.15, 0.2) is 24.3 Å². The second-order valence-corrected chi connectivity index (χ2v) is 3.82. The molecule has 18 heavy (non-hydrogen) atoms. The number of nitrogens with one attached hydrogen (secondary N) is 1. The maximum Gasteiger partial charge on any atom is 0.251 e. The molecule has 1 aromatic rings. The number of benzene rings is 1. The highest BCUT2D eigenvalue weighted by atomic mass is 16.5. The topological polar surface area (TPSA) is 55.4 Å². The second-order valence-electron chi connectivity index (χ2n) is 3.82. The molecule has 102 valence electrons. The van der Waals surface area contributed by atoms with E-state index < -0.39 is 0 Å². The number of methoxy groups -OCH3 is 1. The lowest BCUT2D eigenvalue weighted by Crippen LogP contribution is -2.28. The molecule has 0 bridgehead atoms. The van der Waals surface area contributed by atoms with Gasteiger partial charge in [0.05, 0.1) is 13.7 Å². The molecule has 0 saturated heterocycles. The molecule has 0 saturated carbocycles. The van der Waals surface area contributed by atoms with Crippen molar-refractivity contribution in [3.63, 3.8) is 0 Å². The molecule has 0 fully saturated rings. The number of ether oxygens (including phenoxy) is 1. The van der Waals surface area contributed by atoms with Gasteiger partial charge in [-0.2, -0.15) is 0 Å². The van der Waals surface area contributed by atoms with Crippen LogP contribution >= 0.6 is 0 Å². The predicted octanol–water partition coefficient (Wildman–Crippen LogP) is 2.68. The van der Waals surface area contributed by atoms with E-state index >= 15 is 0 Å². The number of rotatable bonds is 4. The Bertz CT molecular complexity index is 377. The van der Waals surface area contributed by atoms with Gasteiger partial charge in [-0.3, -0.25) is 9.59 Å². The smallest absolute Gasteiger partial charge is 0.251 e. The van der Waals surface area contributed by atoms with E-state index in [1.54, 1.807) is 31.4 Å². The van der Waals surface area contributed by atoms with Crippen molar-refractivity contribution in [2.24, 2.45) is 0 Å². The molecular formula is C14H23NO3. The standard InChI is InChI=1S/C11H13NO3.C3H8.H2/c1-8(13)7-12-11(14)9-3-5-10(15-2)6-4-9;1-3-2;/h3-6H,7H2,1-2H3,(H,12,14);3H2,1-2H3;1H. The van der Waals surface area contributed by atoms with Crippen molar-refractivity contribution in [3.05, 3.63) is 29.8 Å². The molecule has 1 aromatic carbocycles. The number of carbonyl (C=O) groups is 2. The molecule has 0 radical (unpaired) electrons. The number of Topliss-reactive ketones (excluding diaryl/α,β-unsaturated/α-hetero) is 1. The summed E-state index contributed by atoms with van der Waals surface area (Å²) in [7, 11) is 1.56. The molecule has 0 spiro atoms. The Morgan fingerprint density at radius 2 is 1.72 bits per heavy atom. The van der Waals surface area contributed by atoms with Crippen LogP contribution in [0.25, 0.3) is 0 Å². The molecule has 1 amide bonds. The van der Waals surface area contributed by atoms with Gasteiger partial charge >= 0.3 is 0 Å². The van der Waals surface area contributed by atoms with Crippen LogP contribution in [0.5, 0.6) is 5.75 Å². The first-order valence-corrected chi connectivity index (χ1v) is 5.96. The molecule has 0 aliphatic rings. The first-order chi connectivity index (χ1) is 8.54. The van der Waals surface area contributed by atoms with Crippen molar-refractivity contribution in [3.8, 4) is 5.75 Å². The lowest BCUT2D eigenvalue weighted by Gasteiger charge is -2.03. The number of hydrogen-bond donors (Lipinski definition) is 1. The van der Waals surface area contributed by atoms with E-state index in [-0.39, 0.29) is 19.7 Å². The number of carbonyl (C=O) groups excluding carboxylic acids is 2. The van der Waals surface area contributed by atoms with Crippen molar-refractivity contribution in [2.75, 3.05) is 13.7 Å². The molecule has 0 aliphatic carbocycles. The van der Waals surface area contributed by atoms with Gasteiger partial charge in [0, 0.05) is 6.99 Å². The Balaban J connectivity index is 0. The maximum atomic E-state index is 11.4. The van der Waals surface area contributed by atoms with Crippen LogP contribution in [-0.2, 0) is 4.79 Å². The van der Waals surface area contributed by atoms with Crippen molar-refractivity contribution in [2.45, 2.75) is 27.2 Å². The SMILES string of the molecule is CCC.COc1ccc(C(=O)NCC(C)=O)cc1.[HH]. The molecule has 0 aromatic heterocycles. The highest BCUT2D eigenvalue weighted by Crippen LogP contribution is 2.10. The average molecular weight is 253 g/mol. The summed E-state index contributed by atoms with van der Waals surface area (Å²) in [4.78, 5) is 22.1. The molecule has 1 rings (SSSR count). The molecule has 0 atom stereocenters. The van der Waals surface area contributed by atoms with Crippen LogP contribution < -0.4 is 10.1 Å². The van der Waals surface area contributed by atoms with E-state index in [2.05, 4.69) is 19.2 Å². The van der Waals surface area contributed by atoms with Crippen molar-refractivity contribution < 1.29 is 15.8 Å². The van der Waals surface area contributed by atoms with Gasteiger partial charge in [-0.15, -0.1) is 0 Å². The molecule has 0 heterocycles. The minimum atomic E-state index is -0.257. The van der Waals surface area contributed by atoms with E-state index in [9.17, 15) is 9.59 Å². The molecule has 4 nitrogen and oxygen atoms in total. The highest BCUT2D eigenvalue weighted by molar-refractivity contribution is 5.96. The Labute approximate surface area is 110 Å². The fraction of sp³-hybridized carbons (Fsp3) is 0.429. The van der Waals surface area contributed by atoms with Gasteiger partial charge < -0.3 is 10.1 Å². The molecule has 4 heteroatoms. The summed E-state index contributed by atoms with van der Waals surface area (Å²) in [6, 6.07) is 6.69. The Morgan fingerprint density at radius 3 is 2.11 bits per heavy atom. The number of hydrogen-bond acceptors (Lipinski definition) is 3. The monoisotopic (exact) mass is 253 g/mol. The van der Waals surface area contributed by atoms with Gasteiger partial charge in [0.2, 0.25) is 0 Å². The van der Waals surface area contributed by atoms with Crippen molar-refractivity contribution in [1.29, 1.82) is 0 Å². The fourth-order valence-electron chi connectivity index (χ4n) is 1.05.